The maximum absolute atomic E-state index is 11.0. The van der Waals surface area contributed by atoms with Gasteiger partial charge in [-0.15, -0.1) is 0 Å². The molecular weight excluding hydrogens is 260 g/mol. The van der Waals surface area contributed by atoms with Crippen LogP contribution < -0.4 is 16.0 Å². The molecule has 0 amide bonds. The van der Waals surface area contributed by atoms with Crippen molar-refractivity contribution in [2.24, 2.45) is 0 Å². The Bertz CT molecular complexity index is 644. The smallest absolute Gasteiger partial charge is 0.329 e. The van der Waals surface area contributed by atoms with Gasteiger partial charge in [0.05, 0.1) is 16.3 Å². The van der Waals surface area contributed by atoms with Gasteiger partial charge < -0.3 is 16.0 Å². The fourth-order valence-electron chi connectivity index (χ4n) is 1.71. The van der Waals surface area contributed by atoms with Crippen molar-refractivity contribution in [2.75, 3.05) is 30.0 Å². The van der Waals surface area contributed by atoms with Gasteiger partial charge in [0.25, 0.3) is 0 Å². The van der Waals surface area contributed by atoms with Crippen LogP contribution in [-0.2, 0) is 0 Å². The van der Waals surface area contributed by atoms with E-state index in [1.165, 1.54) is 0 Å². The molecular formula is C12H14N6O2. The van der Waals surface area contributed by atoms with Crippen molar-refractivity contribution in [3.8, 4) is 0 Å². The third-order valence-electron chi connectivity index (χ3n) is 2.62. The zero-order chi connectivity index (χ0) is 14.7. The van der Waals surface area contributed by atoms with Crippen molar-refractivity contribution in [3.05, 3.63) is 40.6 Å². The third-order valence-corrected chi connectivity index (χ3v) is 2.62. The van der Waals surface area contributed by atoms with Crippen molar-refractivity contribution in [1.82, 2.24) is 9.97 Å². The van der Waals surface area contributed by atoms with Crippen LogP contribution in [0, 0.1) is 10.1 Å². The molecule has 0 aliphatic carbocycles. The number of nitrogens with one attached hydrogen (secondary N) is 1. The maximum Gasteiger partial charge on any atom is 0.329 e. The summed E-state index contributed by atoms with van der Waals surface area (Å²) in [5, 5.41) is 13.9. The first-order valence-corrected chi connectivity index (χ1v) is 5.79. The molecule has 0 fully saturated rings. The minimum atomic E-state index is -0.556. The Morgan fingerprint density at radius 3 is 2.70 bits per heavy atom. The molecule has 8 heteroatoms. The molecule has 0 bridgehead atoms. The number of benzene rings is 1. The summed E-state index contributed by atoms with van der Waals surface area (Å²) in [4.78, 5) is 19.8. The number of anilines is 4. The van der Waals surface area contributed by atoms with E-state index in [2.05, 4.69) is 15.3 Å². The molecule has 0 saturated heterocycles. The van der Waals surface area contributed by atoms with E-state index in [4.69, 9.17) is 5.73 Å². The average molecular weight is 274 g/mol. The van der Waals surface area contributed by atoms with Gasteiger partial charge in [-0.1, -0.05) is 12.1 Å². The molecule has 2 aromatic rings. The van der Waals surface area contributed by atoms with Gasteiger partial charge in [-0.25, -0.2) is 4.98 Å². The summed E-state index contributed by atoms with van der Waals surface area (Å²) in [6.07, 6.45) is 1.09. The molecule has 0 spiro atoms. The summed E-state index contributed by atoms with van der Waals surface area (Å²) in [6, 6.07) is 7.39. The molecule has 1 heterocycles. The Kier molecular flexibility index (Phi) is 3.65. The second kappa shape index (κ2) is 5.39. The van der Waals surface area contributed by atoms with Crippen LogP contribution in [0.1, 0.15) is 0 Å². The highest BCUT2D eigenvalue weighted by atomic mass is 16.6. The molecule has 0 saturated carbocycles. The van der Waals surface area contributed by atoms with Gasteiger partial charge >= 0.3 is 5.69 Å². The van der Waals surface area contributed by atoms with E-state index in [0.717, 1.165) is 11.9 Å². The first-order chi connectivity index (χ1) is 9.49. The lowest BCUT2D eigenvalue weighted by Crippen LogP contribution is -2.11. The van der Waals surface area contributed by atoms with Crippen molar-refractivity contribution in [3.63, 3.8) is 0 Å². The second-order valence-electron chi connectivity index (χ2n) is 4.26. The Balaban J connectivity index is 2.45. The summed E-state index contributed by atoms with van der Waals surface area (Å²) >= 11 is 0. The number of hydrogen-bond donors (Lipinski definition) is 2. The van der Waals surface area contributed by atoms with Crippen molar-refractivity contribution in [2.45, 2.75) is 0 Å². The molecule has 0 aliphatic heterocycles. The molecule has 0 radical (unpaired) electrons. The van der Waals surface area contributed by atoms with Crippen molar-refractivity contribution < 1.29 is 4.92 Å². The molecule has 0 unspecified atom stereocenters. The van der Waals surface area contributed by atoms with Crippen LogP contribution in [-0.4, -0.2) is 29.0 Å². The minimum Gasteiger partial charge on any atom is -0.376 e. The summed E-state index contributed by atoms with van der Waals surface area (Å²) in [7, 11) is 3.76. The highest BCUT2D eigenvalue weighted by Gasteiger charge is 2.18. The van der Waals surface area contributed by atoms with Gasteiger partial charge in [-0.2, -0.15) is 4.98 Å². The fourth-order valence-corrected chi connectivity index (χ4v) is 1.71. The summed E-state index contributed by atoms with van der Waals surface area (Å²) in [6.45, 7) is 0. The topological polar surface area (TPSA) is 110 Å². The molecule has 1 aromatic carbocycles. The Morgan fingerprint density at radius 2 is 2.05 bits per heavy atom. The zero-order valence-electron chi connectivity index (χ0n) is 11.1. The van der Waals surface area contributed by atoms with Gasteiger partial charge in [0.2, 0.25) is 11.8 Å². The number of rotatable bonds is 4. The van der Waals surface area contributed by atoms with Crippen molar-refractivity contribution >= 4 is 28.8 Å². The van der Waals surface area contributed by atoms with Gasteiger partial charge in [-0.05, 0) is 12.1 Å². The third kappa shape index (κ3) is 2.74. The molecule has 8 nitrogen and oxygen atoms in total. The van der Waals surface area contributed by atoms with Gasteiger partial charge in [0.15, 0.2) is 0 Å². The van der Waals surface area contributed by atoms with Gasteiger partial charge in [0.1, 0.15) is 6.20 Å². The van der Waals surface area contributed by atoms with Gasteiger partial charge in [-0.3, -0.25) is 10.1 Å². The van der Waals surface area contributed by atoms with Crippen LogP contribution >= 0.6 is 0 Å². The SMILES string of the molecule is CN(C)c1ccccc1Nc1nc(N)ncc1[N+](=O)[O-]. The van der Waals surface area contributed by atoms with E-state index in [-0.39, 0.29) is 17.5 Å². The molecule has 3 N–H and O–H groups in total. The highest BCUT2D eigenvalue weighted by molar-refractivity contribution is 5.76. The Hall–Kier alpha value is -2.90. The van der Waals surface area contributed by atoms with E-state index in [9.17, 15) is 10.1 Å². The lowest BCUT2D eigenvalue weighted by atomic mass is 10.2. The van der Waals surface area contributed by atoms with Crippen LogP contribution in [0.15, 0.2) is 30.5 Å². The standard InChI is InChI=1S/C12H14N6O2/c1-17(2)9-6-4-3-5-8(9)15-11-10(18(19)20)7-14-12(13)16-11/h3-7H,1-2H3,(H3,13,14,15,16). The van der Waals surface area contributed by atoms with Crippen LogP contribution in [0.4, 0.5) is 28.8 Å². The Morgan fingerprint density at radius 1 is 1.35 bits per heavy atom. The zero-order valence-corrected chi connectivity index (χ0v) is 11.1. The van der Waals surface area contributed by atoms with Gasteiger partial charge in [0, 0.05) is 14.1 Å². The monoisotopic (exact) mass is 274 g/mol. The van der Waals surface area contributed by atoms with Crippen LogP contribution in [0.3, 0.4) is 0 Å². The van der Waals surface area contributed by atoms with Crippen LogP contribution in [0.5, 0.6) is 0 Å². The first-order valence-electron chi connectivity index (χ1n) is 5.79. The number of hydrogen-bond acceptors (Lipinski definition) is 7. The second-order valence-corrected chi connectivity index (χ2v) is 4.26. The summed E-state index contributed by atoms with van der Waals surface area (Å²) < 4.78 is 0. The summed E-state index contributed by atoms with van der Waals surface area (Å²) in [5.74, 6) is 0.0391. The Labute approximate surface area is 115 Å². The first kappa shape index (κ1) is 13.5. The fraction of sp³-hybridized carbons (Fsp3) is 0.167. The quantitative estimate of drug-likeness (QED) is 0.645. The van der Waals surface area contributed by atoms with Crippen molar-refractivity contribution in [1.29, 1.82) is 0 Å². The number of nitro groups is 1. The normalized spacial score (nSPS) is 10.1. The largest absolute Gasteiger partial charge is 0.376 e. The van der Waals surface area contributed by atoms with E-state index >= 15 is 0 Å². The van der Waals surface area contributed by atoms with Crippen LogP contribution in [0.2, 0.25) is 0 Å². The number of nitrogens with two attached hydrogens (primary N) is 1. The lowest BCUT2D eigenvalue weighted by Gasteiger charge is -2.17. The molecule has 104 valence electrons. The predicted molar refractivity (Wildman–Crippen MR) is 77.2 cm³/mol. The number of nitrogens with zero attached hydrogens (tertiary/aromatic N) is 4. The molecule has 0 atom stereocenters. The lowest BCUT2D eigenvalue weighted by molar-refractivity contribution is -0.384. The molecule has 20 heavy (non-hydrogen) atoms. The number of aromatic nitrogens is 2. The molecule has 0 aliphatic rings. The summed E-state index contributed by atoms with van der Waals surface area (Å²) in [5.41, 5.74) is 6.82. The minimum absolute atomic E-state index is 0.0274. The van der Waals surface area contributed by atoms with E-state index < -0.39 is 4.92 Å². The van der Waals surface area contributed by atoms with E-state index in [1.807, 2.05) is 37.2 Å². The number of para-hydroxylation sites is 2. The highest BCUT2D eigenvalue weighted by Crippen LogP contribution is 2.30. The average Bonchev–Trinajstić information content (AvgIpc) is 2.38. The number of nitrogen functional groups attached to an aromatic ring is 1. The maximum atomic E-state index is 11.0. The van der Waals surface area contributed by atoms with Crippen LogP contribution in [0.25, 0.3) is 0 Å². The van der Waals surface area contributed by atoms with E-state index in [0.29, 0.717) is 5.69 Å². The predicted octanol–water partition coefficient (Wildman–Crippen LogP) is 1.78. The molecule has 2 rings (SSSR count). The molecule has 1 aromatic heterocycles. The van der Waals surface area contributed by atoms with E-state index in [1.54, 1.807) is 6.07 Å².